The van der Waals surface area contributed by atoms with Crippen molar-refractivity contribution in [2.45, 2.75) is 19.9 Å². The number of hydrogen-bond donors (Lipinski definition) is 1. The number of benzene rings is 2. The summed E-state index contributed by atoms with van der Waals surface area (Å²) in [7, 11) is 1.82. The molecule has 2 rings (SSSR count). The molecule has 0 fully saturated rings. The summed E-state index contributed by atoms with van der Waals surface area (Å²) in [4.78, 5) is 0. The first-order valence-corrected chi connectivity index (χ1v) is 7.72. The van der Waals surface area contributed by atoms with Crippen LogP contribution >= 0.6 is 15.9 Å². The molecule has 0 aliphatic carbocycles. The van der Waals surface area contributed by atoms with Gasteiger partial charge < -0.3 is 10.1 Å². The number of ether oxygens (including phenoxy) is 1. The molecule has 1 N–H and O–H groups in total. The standard InChI is InChI=1S/C17H19BrFNO/c1-4-21-15-9-8-11(2)10-13(15)17(20-3)12-6-5-7-14(18)16(12)19/h5-10,17,20H,4H2,1-3H3. The Bertz CT molecular complexity index is 630. The Labute approximate surface area is 133 Å². The van der Waals surface area contributed by atoms with Gasteiger partial charge in [-0.2, -0.15) is 0 Å². The minimum Gasteiger partial charge on any atom is -0.494 e. The number of nitrogens with one attached hydrogen (secondary N) is 1. The van der Waals surface area contributed by atoms with E-state index < -0.39 is 0 Å². The molecule has 1 unspecified atom stereocenters. The predicted molar refractivity (Wildman–Crippen MR) is 87.4 cm³/mol. The molecule has 2 aromatic carbocycles. The fourth-order valence-electron chi connectivity index (χ4n) is 2.40. The van der Waals surface area contributed by atoms with Gasteiger partial charge in [0, 0.05) is 11.1 Å². The van der Waals surface area contributed by atoms with Gasteiger partial charge in [-0.25, -0.2) is 4.39 Å². The number of halogens is 2. The molecule has 0 aliphatic rings. The quantitative estimate of drug-likeness (QED) is 0.849. The minimum atomic E-state index is -0.260. The van der Waals surface area contributed by atoms with Gasteiger partial charge in [-0.3, -0.25) is 0 Å². The van der Waals surface area contributed by atoms with Crippen LogP contribution in [0.3, 0.4) is 0 Å². The zero-order valence-corrected chi connectivity index (χ0v) is 14.0. The lowest BCUT2D eigenvalue weighted by molar-refractivity contribution is 0.333. The van der Waals surface area contributed by atoms with Gasteiger partial charge >= 0.3 is 0 Å². The number of aryl methyl sites for hydroxylation is 1. The van der Waals surface area contributed by atoms with Crippen molar-refractivity contribution < 1.29 is 9.13 Å². The first-order valence-electron chi connectivity index (χ1n) is 6.93. The summed E-state index contributed by atoms with van der Waals surface area (Å²) in [6.07, 6.45) is 0. The van der Waals surface area contributed by atoms with Crippen LogP contribution in [0.5, 0.6) is 5.75 Å². The van der Waals surface area contributed by atoms with Gasteiger partial charge in [0.05, 0.1) is 17.1 Å². The van der Waals surface area contributed by atoms with Crippen LogP contribution in [0, 0.1) is 12.7 Å². The van der Waals surface area contributed by atoms with Gasteiger partial charge in [0.15, 0.2) is 0 Å². The normalized spacial score (nSPS) is 12.2. The third-order valence-corrected chi connectivity index (χ3v) is 3.97. The molecule has 0 heterocycles. The highest BCUT2D eigenvalue weighted by molar-refractivity contribution is 9.10. The molecule has 0 bridgehead atoms. The molecule has 21 heavy (non-hydrogen) atoms. The Morgan fingerprint density at radius 3 is 2.67 bits per heavy atom. The lowest BCUT2D eigenvalue weighted by Gasteiger charge is -2.22. The Balaban J connectivity index is 2.55. The summed E-state index contributed by atoms with van der Waals surface area (Å²) < 4.78 is 20.6. The third kappa shape index (κ3) is 3.44. The van der Waals surface area contributed by atoms with Gasteiger partial charge in [-0.15, -0.1) is 0 Å². The van der Waals surface area contributed by atoms with E-state index in [0.29, 0.717) is 16.6 Å². The largest absolute Gasteiger partial charge is 0.494 e. The highest BCUT2D eigenvalue weighted by Crippen LogP contribution is 2.33. The van der Waals surface area contributed by atoms with Crippen molar-refractivity contribution in [3.8, 4) is 5.75 Å². The second-order valence-electron chi connectivity index (χ2n) is 4.84. The van der Waals surface area contributed by atoms with E-state index in [4.69, 9.17) is 4.74 Å². The fourth-order valence-corrected chi connectivity index (χ4v) is 2.78. The lowest BCUT2D eigenvalue weighted by Crippen LogP contribution is -2.20. The average Bonchev–Trinajstić information content (AvgIpc) is 2.47. The van der Waals surface area contributed by atoms with Crippen LogP contribution in [0.25, 0.3) is 0 Å². The van der Waals surface area contributed by atoms with E-state index in [1.165, 1.54) is 0 Å². The molecule has 0 radical (unpaired) electrons. The maximum atomic E-state index is 14.4. The van der Waals surface area contributed by atoms with Crippen LogP contribution < -0.4 is 10.1 Å². The number of rotatable bonds is 5. The van der Waals surface area contributed by atoms with Crippen LogP contribution in [0.1, 0.15) is 29.7 Å². The summed E-state index contributed by atoms with van der Waals surface area (Å²) in [6, 6.07) is 11.0. The second-order valence-corrected chi connectivity index (χ2v) is 5.69. The molecule has 2 aromatic rings. The lowest BCUT2D eigenvalue weighted by atomic mass is 9.96. The Morgan fingerprint density at radius 1 is 1.24 bits per heavy atom. The summed E-state index contributed by atoms with van der Waals surface area (Å²) in [5.74, 6) is 0.530. The average molecular weight is 352 g/mol. The Morgan fingerprint density at radius 2 is 2.00 bits per heavy atom. The van der Waals surface area contributed by atoms with Gasteiger partial charge in [0.1, 0.15) is 11.6 Å². The van der Waals surface area contributed by atoms with Crippen molar-refractivity contribution in [1.82, 2.24) is 5.32 Å². The highest BCUT2D eigenvalue weighted by Gasteiger charge is 2.21. The fraction of sp³-hybridized carbons (Fsp3) is 0.294. The summed E-state index contributed by atoms with van der Waals surface area (Å²) in [6.45, 7) is 4.54. The molecule has 0 spiro atoms. The van der Waals surface area contributed by atoms with Gasteiger partial charge in [-0.05, 0) is 49.0 Å². The molecule has 0 saturated heterocycles. The van der Waals surface area contributed by atoms with Crippen LogP contribution in [0.2, 0.25) is 0 Å². The van der Waals surface area contributed by atoms with E-state index in [-0.39, 0.29) is 11.9 Å². The van der Waals surface area contributed by atoms with Gasteiger partial charge in [-0.1, -0.05) is 29.8 Å². The smallest absolute Gasteiger partial charge is 0.142 e. The van der Waals surface area contributed by atoms with E-state index in [1.807, 2.05) is 45.2 Å². The molecule has 0 aliphatic heterocycles. The van der Waals surface area contributed by atoms with Crippen LogP contribution in [-0.2, 0) is 0 Å². The van der Waals surface area contributed by atoms with Gasteiger partial charge in [0.2, 0.25) is 0 Å². The van der Waals surface area contributed by atoms with E-state index in [0.717, 1.165) is 16.9 Å². The molecule has 0 aromatic heterocycles. The van der Waals surface area contributed by atoms with Crippen LogP contribution in [0.4, 0.5) is 4.39 Å². The van der Waals surface area contributed by atoms with Crippen molar-refractivity contribution in [2.24, 2.45) is 0 Å². The second kappa shape index (κ2) is 7.05. The Hall–Kier alpha value is -1.39. The monoisotopic (exact) mass is 351 g/mol. The van der Waals surface area contributed by atoms with E-state index in [2.05, 4.69) is 21.2 Å². The molecule has 0 saturated carbocycles. The van der Waals surface area contributed by atoms with E-state index >= 15 is 0 Å². The first-order chi connectivity index (χ1) is 10.1. The molecule has 112 valence electrons. The highest BCUT2D eigenvalue weighted by atomic mass is 79.9. The van der Waals surface area contributed by atoms with E-state index in [9.17, 15) is 4.39 Å². The zero-order chi connectivity index (χ0) is 15.4. The topological polar surface area (TPSA) is 21.3 Å². The van der Waals surface area contributed by atoms with Crippen molar-refractivity contribution in [2.75, 3.05) is 13.7 Å². The first kappa shape index (κ1) is 16.0. The molecular weight excluding hydrogens is 333 g/mol. The molecule has 0 amide bonds. The molecule has 1 atom stereocenters. The van der Waals surface area contributed by atoms with Gasteiger partial charge in [0.25, 0.3) is 0 Å². The summed E-state index contributed by atoms with van der Waals surface area (Å²) in [5, 5.41) is 3.19. The van der Waals surface area contributed by atoms with Crippen molar-refractivity contribution >= 4 is 15.9 Å². The Kier molecular flexibility index (Phi) is 5.37. The van der Waals surface area contributed by atoms with Crippen LogP contribution in [-0.4, -0.2) is 13.7 Å². The summed E-state index contributed by atoms with van der Waals surface area (Å²) >= 11 is 3.25. The third-order valence-electron chi connectivity index (χ3n) is 3.36. The van der Waals surface area contributed by atoms with Crippen molar-refractivity contribution in [3.63, 3.8) is 0 Å². The zero-order valence-electron chi connectivity index (χ0n) is 12.4. The SMILES string of the molecule is CCOc1ccc(C)cc1C(NC)c1cccc(Br)c1F. The van der Waals surface area contributed by atoms with Crippen molar-refractivity contribution in [1.29, 1.82) is 0 Å². The maximum Gasteiger partial charge on any atom is 0.142 e. The van der Waals surface area contributed by atoms with E-state index in [1.54, 1.807) is 12.1 Å². The molecular formula is C17H19BrFNO. The molecule has 4 heteroatoms. The predicted octanol–water partition coefficient (Wildman–Crippen LogP) is 4.60. The van der Waals surface area contributed by atoms with Crippen LogP contribution in [0.15, 0.2) is 40.9 Å². The van der Waals surface area contributed by atoms with Crippen molar-refractivity contribution in [3.05, 3.63) is 63.4 Å². The molecule has 2 nitrogen and oxygen atoms in total. The minimum absolute atomic E-state index is 0.249. The number of hydrogen-bond acceptors (Lipinski definition) is 2. The summed E-state index contributed by atoms with van der Waals surface area (Å²) in [5.41, 5.74) is 2.65. The maximum absolute atomic E-state index is 14.4.